The molecule has 1 saturated carbocycles. The summed E-state index contributed by atoms with van der Waals surface area (Å²) in [7, 11) is -3.03. The van der Waals surface area contributed by atoms with Gasteiger partial charge in [0.1, 0.15) is 9.84 Å². The molecule has 0 bridgehead atoms. The van der Waals surface area contributed by atoms with Crippen LogP contribution in [0, 0.1) is 0 Å². The molecule has 0 heterocycles. The van der Waals surface area contributed by atoms with Gasteiger partial charge in [0.2, 0.25) is 5.91 Å². The second-order valence-electron chi connectivity index (χ2n) is 5.39. The Labute approximate surface area is 130 Å². The average molecular weight is 331 g/mol. The Morgan fingerprint density at radius 2 is 2.05 bits per heavy atom. The molecule has 21 heavy (non-hydrogen) atoms. The number of benzene rings is 1. The molecule has 1 aromatic carbocycles. The summed E-state index contributed by atoms with van der Waals surface area (Å²) in [6.45, 7) is 0. The maximum absolute atomic E-state index is 11.9. The molecular weight excluding hydrogens is 312 g/mol. The molecule has 0 spiro atoms. The number of carbonyl (C=O) groups is 1. The number of nitrogens with one attached hydrogen (secondary N) is 2. The van der Waals surface area contributed by atoms with Crippen molar-refractivity contribution in [3.8, 4) is 0 Å². The smallest absolute Gasteiger partial charge is 0.224 e. The van der Waals surface area contributed by atoms with Crippen molar-refractivity contribution >= 4 is 38.7 Å². The van der Waals surface area contributed by atoms with Gasteiger partial charge in [-0.2, -0.15) is 0 Å². The summed E-state index contributed by atoms with van der Waals surface area (Å²) in [5.41, 5.74) is 1.48. The van der Waals surface area contributed by atoms with Crippen LogP contribution in [0.15, 0.2) is 18.2 Å². The Morgan fingerprint density at radius 1 is 1.33 bits per heavy atom. The molecule has 2 N–H and O–H groups in total. The van der Waals surface area contributed by atoms with Gasteiger partial charge in [-0.25, -0.2) is 8.42 Å². The summed E-state index contributed by atoms with van der Waals surface area (Å²) in [4.78, 5) is 11.9. The van der Waals surface area contributed by atoms with Gasteiger partial charge >= 0.3 is 0 Å². The molecule has 0 atom stereocenters. The number of anilines is 2. The van der Waals surface area contributed by atoms with Gasteiger partial charge in [0.05, 0.1) is 17.1 Å². The Bertz CT molecular complexity index is 627. The summed E-state index contributed by atoms with van der Waals surface area (Å²) in [6, 6.07) is 5.77. The van der Waals surface area contributed by atoms with Gasteiger partial charge in [-0.05, 0) is 37.5 Å². The maximum atomic E-state index is 11.9. The highest BCUT2D eigenvalue weighted by atomic mass is 35.5. The van der Waals surface area contributed by atoms with Crippen molar-refractivity contribution in [2.24, 2.45) is 0 Å². The number of carbonyl (C=O) groups excluding carboxylic acids is 1. The van der Waals surface area contributed by atoms with Crippen molar-refractivity contribution in [2.75, 3.05) is 22.6 Å². The van der Waals surface area contributed by atoms with Crippen LogP contribution >= 0.6 is 11.6 Å². The van der Waals surface area contributed by atoms with Crippen LogP contribution in [0.4, 0.5) is 11.4 Å². The van der Waals surface area contributed by atoms with E-state index in [9.17, 15) is 13.2 Å². The van der Waals surface area contributed by atoms with Gasteiger partial charge in [-0.15, -0.1) is 0 Å². The van der Waals surface area contributed by atoms with E-state index in [2.05, 4.69) is 10.6 Å². The first-order valence-corrected chi connectivity index (χ1v) is 9.31. The fourth-order valence-electron chi connectivity index (χ4n) is 1.90. The van der Waals surface area contributed by atoms with Crippen molar-refractivity contribution in [2.45, 2.75) is 31.7 Å². The monoisotopic (exact) mass is 330 g/mol. The highest BCUT2D eigenvalue weighted by molar-refractivity contribution is 7.90. The van der Waals surface area contributed by atoms with Gasteiger partial charge in [0.15, 0.2) is 0 Å². The van der Waals surface area contributed by atoms with Crippen LogP contribution in [0.2, 0.25) is 5.02 Å². The molecule has 116 valence electrons. The van der Waals surface area contributed by atoms with Gasteiger partial charge in [0.25, 0.3) is 0 Å². The molecule has 1 aliphatic rings. The van der Waals surface area contributed by atoms with Crippen molar-refractivity contribution in [3.05, 3.63) is 23.2 Å². The van der Waals surface area contributed by atoms with Crippen LogP contribution in [0.1, 0.15) is 25.7 Å². The summed E-state index contributed by atoms with van der Waals surface area (Å²) in [5.74, 6) is -0.192. The van der Waals surface area contributed by atoms with Crippen LogP contribution in [0.5, 0.6) is 0 Å². The molecule has 0 aromatic heterocycles. The number of rotatable bonds is 7. The highest BCUT2D eigenvalue weighted by Gasteiger charge is 2.22. The van der Waals surface area contributed by atoms with E-state index in [1.165, 1.54) is 6.26 Å². The van der Waals surface area contributed by atoms with E-state index in [4.69, 9.17) is 11.6 Å². The lowest BCUT2D eigenvalue weighted by Crippen LogP contribution is -2.15. The minimum absolute atomic E-state index is 0.0170. The van der Waals surface area contributed by atoms with E-state index in [1.807, 2.05) is 6.07 Å². The largest absolute Gasteiger partial charge is 0.381 e. The van der Waals surface area contributed by atoms with Crippen molar-refractivity contribution in [1.82, 2.24) is 0 Å². The van der Waals surface area contributed by atoms with E-state index in [1.54, 1.807) is 12.1 Å². The van der Waals surface area contributed by atoms with Gasteiger partial charge in [-0.1, -0.05) is 11.6 Å². The zero-order valence-corrected chi connectivity index (χ0v) is 13.4. The van der Waals surface area contributed by atoms with E-state index in [0.717, 1.165) is 18.5 Å². The van der Waals surface area contributed by atoms with E-state index < -0.39 is 9.84 Å². The quantitative estimate of drug-likeness (QED) is 0.806. The predicted octanol–water partition coefficient (Wildman–Crippen LogP) is 2.68. The summed E-state index contributed by atoms with van der Waals surface area (Å²) < 4.78 is 22.1. The lowest BCUT2D eigenvalue weighted by atomic mass is 10.2. The van der Waals surface area contributed by atoms with Crippen LogP contribution in [0.25, 0.3) is 0 Å². The van der Waals surface area contributed by atoms with Gasteiger partial charge in [-0.3, -0.25) is 4.79 Å². The molecule has 0 aliphatic heterocycles. The first-order chi connectivity index (χ1) is 9.83. The number of hydrogen-bond donors (Lipinski definition) is 2. The second-order valence-corrected chi connectivity index (χ2v) is 8.09. The molecule has 1 aromatic rings. The summed E-state index contributed by atoms with van der Waals surface area (Å²) in [5, 5.41) is 6.66. The second kappa shape index (κ2) is 6.66. The normalized spacial score (nSPS) is 14.8. The SMILES string of the molecule is CS(=O)(=O)CCCC(=O)Nc1cc(Cl)ccc1NC1CC1. The molecule has 7 heteroatoms. The van der Waals surface area contributed by atoms with E-state index in [-0.39, 0.29) is 18.1 Å². The van der Waals surface area contributed by atoms with Crippen LogP contribution < -0.4 is 10.6 Å². The molecule has 1 aliphatic carbocycles. The highest BCUT2D eigenvalue weighted by Crippen LogP contribution is 2.31. The Hall–Kier alpha value is -1.27. The molecule has 1 amide bonds. The predicted molar refractivity (Wildman–Crippen MR) is 85.7 cm³/mol. The fraction of sp³-hybridized carbons (Fsp3) is 0.500. The fourth-order valence-corrected chi connectivity index (χ4v) is 2.74. The van der Waals surface area contributed by atoms with Crippen LogP contribution in [0.3, 0.4) is 0 Å². The minimum atomic E-state index is -3.03. The van der Waals surface area contributed by atoms with Crippen molar-refractivity contribution in [1.29, 1.82) is 0 Å². The average Bonchev–Trinajstić information content (AvgIpc) is 3.15. The molecule has 0 unspecified atom stereocenters. The summed E-state index contributed by atoms with van der Waals surface area (Å²) in [6.07, 6.45) is 3.91. The summed E-state index contributed by atoms with van der Waals surface area (Å²) >= 11 is 5.96. The minimum Gasteiger partial charge on any atom is -0.381 e. The van der Waals surface area contributed by atoms with Crippen LogP contribution in [-0.4, -0.2) is 32.4 Å². The third kappa shape index (κ3) is 5.93. The van der Waals surface area contributed by atoms with Crippen LogP contribution in [-0.2, 0) is 14.6 Å². The molecule has 5 nitrogen and oxygen atoms in total. The van der Waals surface area contributed by atoms with Crippen molar-refractivity contribution < 1.29 is 13.2 Å². The van der Waals surface area contributed by atoms with E-state index in [0.29, 0.717) is 23.2 Å². The first-order valence-electron chi connectivity index (χ1n) is 6.87. The Morgan fingerprint density at radius 3 is 2.67 bits per heavy atom. The topological polar surface area (TPSA) is 75.3 Å². The molecular formula is C14H19ClN2O3S. The molecule has 0 radical (unpaired) electrons. The number of halogens is 1. The Kier molecular flexibility index (Phi) is 5.11. The van der Waals surface area contributed by atoms with Gasteiger partial charge in [0, 0.05) is 23.7 Å². The van der Waals surface area contributed by atoms with E-state index >= 15 is 0 Å². The lowest BCUT2D eigenvalue weighted by Gasteiger charge is -2.13. The standard InChI is InChI=1S/C14H19ClN2O3S/c1-21(19,20)8-2-3-14(18)17-13-9-10(15)4-7-12(13)16-11-5-6-11/h4,7,9,11,16H,2-3,5-6,8H2,1H3,(H,17,18). The number of hydrogen-bond acceptors (Lipinski definition) is 4. The third-order valence-corrected chi connectivity index (χ3v) is 4.38. The Balaban J connectivity index is 1.94. The number of amides is 1. The number of sulfone groups is 1. The maximum Gasteiger partial charge on any atom is 0.224 e. The lowest BCUT2D eigenvalue weighted by molar-refractivity contribution is -0.116. The molecule has 1 fully saturated rings. The molecule has 0 saturated heterocycles. The van der Waals surface area contributed by atoms with Gasteiger partial charge < -0.3 is 10.6 Å². The zero-order valence-electron chi connectivity index (χ0n) is 11.9. The first kappa shape index (κ1) is 16.1. The third-order valence-electron chi connectivity index (χ3n) is 3.11. The zero-order chi connectivity index (χ0) is 15.5. The molecule has 2 rings (SSSR count). The van der Waals surface area contributed by atoms with Crippen molar-refractivity contribution in [3.63, 3.8) is 0 Å².